The van der Waals surface area contributed by atoms with E-state index in [4.69, 9.17) is 0 Å². The third kappa shape index (κ3) is 4.48. The molecule has 0 aliphatic heterocycles. The van der Waals surface area contributed by atoms with Crippen molar-refractivity contribution in [3.8, 4) is 11.3 Å². The summed E-state index contributed by atoms with van der Waals surface area (Å²) in [5, 5.41) is 4.67. The molecule has 0 aliphatic carbocycles. The lowest BCUT2D eigenvalue weighted by molar-refractivity contribution is 0.557. The fraction of sp³-hybridized carbons (Fsp3) is 0.0870. The third-order valence-corrected chi connectivity index (χ3v) is 6.09. The molecule has 0 fully saturated rings. The quantitative estimate of drug-likeness (QED) is 0.486. The van der Waals surface area contributed by atoms with Gasteiger partial charge in [-0.3, -0.25) is 4.68 Å². The van der Waals surface area contributed by atoms with Crippen LogP contribution in [-0.4, -0.2) is 18.2 Å². The van der Waals surface area contributed by atoms with Crippen LogP contribution in [0, 0.1) is 5.82 Å². The van der Waals surface area contributed by atoms with Gasteiger partial charge in [0.05, 0.1) is 12.2 Å². The van der Waals surface area contributed by atoms with Crippen LogP contribution >= 0.6 is 0 Å². The Morgan fingerprint density at radius 2 is 1.50 bits per heavy atom. The van der Waals surface area contributed by atoms with E-state index in [0.717, 1.165) is 17.2 Å². The number of hydrogen-bond acceptors (Lipinski definition) is 3. The maximum atomic E-state index is 14.0. The maximum Gasteiger partial charge on any atom is 0.243 e. The Balaban J connectivity index is 1.63. The largest absolute Gasteiger partial charge is 0.267 e. The van der Waals surface area contributed by atoms with E-state index in [1.807, 2.05) is 66.9 Å². The van der Waals surface area contributed by atoms with E-state index in [1.165, 1.54) is 18.2 Å². The SMILES string of the molecule is O=S(=O)(NCc1cn(Cc2ccccc2)nc1-c1ccccc1)c1ccccc1F. The number of halogens is 1. The van der Waals surface area contributed by atoms with E-state index in [1.54, 1.807) is 4.68 Å². The number of nitrogens with one attached hydrogen (secondary N) is 1. The lowest BCUT2D eigenvalue weighted by atomic mass is 10.1. The molecule has 0 atom stereocenters. The molecule has 0 unspecified atom stereocenters. The summed E-state index contributed by atoms with van der Waals surface area (Å²) >= 11 is 0. The summed E-state index contributed by atoms with van der Waals surface area (Å²) in [7, 11) is -4.00. The zero-order valence-electron chi connectivity index (χ0n) is 16.1. The van der Waals surface area contributed by atoms with Crippen LogP contribution in [0.4, 0.5) is 4.39 Å². The summed E-state index contributed by atoms with van der Waals surface area (Å²) in [6, 6.07) is 24.7. The Kier molecular flexibility index (Phi) is 5.74. The average Bonchev–Trinajstić information content (AvgIpc) is 3.16. The van der Waals surface area contributed by atoms with Gasteiger partial charge >= 0.3 is 0 Å². The second-order valence-corrected chi connectivity index (χ2v) is 8.54. The van der Waals surface area contributed by atoms with E-state index in [0.29, 0.717) is 17.8 Å². The van der Waals surface area contributed by atoms with Crippen LogP contribution in [0.3, 0.4) is 0 Å². The smallest absolute Gasteiger partial charge is 0.243 e. The molecule has 152 valence electrons. The van der Waals surface area contributed by atoms with Gasteiger partial charge in [0.1, 0.15) is 10.7 Å². The molecule has 0 spiro atoms. The van der Waals surface area contributed by atoms with Gasteiger partial charge in [-0.05, 0) is 17.7 Å². The summed E-state index contributed by atoms with van der Waals surface area (Å²) in [5.74, 6) is -0.784. The van der Waals surface area contributed by atoms with Crippen molar-refractivity contribution in [2.45, 2.75) is 18.0 Å². The lowest BCUT2D eigenvalue weighted by Crippen LogP contribution is -2.24. The van der Waals surface area contributed by atoms with Crippen molar-refractivity contribution in [1.29, 1.82) is 0 Å². The summed E-state index contributed by atoms with van der Waals surface area (Å²) in [4.78, 5) is -0.372. The molecule has 7 heteroatoms. The van der Waals surface area contributed by atoms with Crippen LogP contribution in [-0.2, 0) is 23.1 Å². The zero-order chi connectivity index (χ0) is 21.0. The van der Waals surface area contributed by atoms with E-state index in [9.17, 15) is 12.8 Å². The predicted molar refractivity (Wildman–Crippen MR) is 114 cm³/mol. The van der Waals surface area contributed by atoms with Crippen LogP contribution in [0.25, 0.3) is 11.3 Å². The molecule has 1 aromatic heterocycles. The van der Waals surface area contributed by atoms with Crippen molar-refractivity contribution >= 4 is 10.0 Å². The van der Waals surface area contributed by atoms with Crippen molar-refractivity contribution in [2.24, 2.45) is 0 Å². The summed E-state index contributed by atoms with van der Waals surface area (Å²) in [6.07, 6.45) is 1.82. The first-order valence-corrected chi connectivity index (χ1v) is 10.9. The minimum Gasteiger partial charge on any atom is -0.267 e. The van der Waals surface area contributed by atoms with Crippen molar-refractivity contribution in [3.05, 3.63) is 108 Å². The average molecular weight is 421 g/mol. The molecule has 30 heavy (non-hydrogen) atoms. The van der Waals surface area contributed by atoms with Crippen LogP contribution in [0.1, 0.15) is 11.1 Å². The molecule has 3 aromatic carbocycles. The van der Waals surface area contributed by atoms with Crippen LogP contribution in [0.2, 0.25) is 0 Å². The molecule has 0 aliphatic rings. The molecule has 1 N–H and O–H groups in total. The second kappa shape index (κ2) is 8.61. The second-order valence-electron chi connectivity index (χ2n) is 6.81. The number of rotatable bonds is 7. The number of nitrogens with zero attached hydrogens (tertiary/aromatic N) is 2. The van der Waals surface area contributed by atoms with Crippen molar-refractivity contribution < 1.29 is 12.8 Å². The highest BCUT2D eigenvalue weighted by Crippen LogP contribution is 2.23. The zero-order valence-corrected chi connectivity index (χ0v) is 16.9. The Hall–Kier alpha value is -3.29. The van der Waals surface area contributed by atoms with Crippen LogP contribution in [0.5, 0.6) is 0 Å². The van der Waals surface area contributed by atoms with Gasteiger partial charge in [0.2, 0.25) is 10.0 Å². The molecule has 5 nitrogen and oxygen atoms in total. The maximum absolute atomic E-state index is 14.0. The number of hydrogen-bond donors (Lipinski definition) is 1. The normalized spacial score (nSPS) is 11.5. The molecule has 4 aromatic rings. The minimum absolute atomic E-state index is 0.00428. The minimum atomic E-state index is -4.00. The number of sulfonamides is 1. The van der Waals surface area contributed by atoms with Gasteiger partial charge in [-0.2, -0.15) is 5.10 Å². The molecular formula is C23H20FN3O2S. The van der Waals surface area contributed by atoms with Gasteiger partial charge in [0.15, 0.2) is 0 Å². The highest BCUT2D eigenvalue weighted by Gasteiger charge is 2.20. The first-order chi connectivity index (χ1) is 14.5. The van der Waals surface area contributed by atoms with Crippen molar-refractivity contribution in [1.82, 2.24) is 14.5 Å². The fourth-order valence-electron chi connectivity index (χ4n) is 3.20. The Morgan fingerprint density at radius 1 is 0.867 bits per heavy atom. The topological polar surface area (TPSA) is 64.0 Å². The number of aromatic nitrogens is 2. The van der Waals surface area contributed by atoms with Gasteiger partial charge in [-0.15, -0.1) is 0 Å². The first kappa shape index (κ1) is 20.0. The monoisotopic (exact) mass is 421 g/mol. The summed E-state index contributed by atoms with van der Waals surface area (Å²) < 4.78 is 43.4. The van der Waals surface area contributed by atoms with Gasteiger partial charge in [0.25, 0.3) is 0 Å². The van der Waals surface area contributed by atoms with Gasteiger partial charge in [0, 0.05) is 23.9 Å². The predicted octanol–water partition coefficient (Wildman–Crippen LogP) is 4.22. The van der Waals surface area contributed by atoms with E-state index in [-0.39, 0.29) is 11.4 Å². The standard InChI is InChI=1S/C23H20FN3O2S/c24-21-13-7-8-14-22(21)30(28,29)25-15-20-17-27(16-18-9-3-1-4-10-18)26-23(20)19-11-5-2-6-12-19/h1-14,17,25H,15-16H2. The van der Waals surface area contributed by atoms with E-state index in [2.05, 4.69) is 9.82 Å². The lowest BCUT2D eigenvalue weighted by Gasteiger charge is -2.08. The summed E-state index contributed by atoms with van der Waals surface area (Å²) in [6.45, 7) is 0.552. The van der Waals surface area contributed by atoms with Crippen LogP contribution < -0.4 is 4.72 Å². The molecule has 0 saturated carbocycles. The molecule has 0 radical (unpaired) electrons. The van der Waals surface area contributed by atoms with Crippen LogP contribution in [0.15, 0.2) is 96.0 Å². The summed E-state index contributed by atoms with van der Waals surface area (Å²) in [5.41, 5.74) is 3.35. The van der Waals surface area contributed by atoms with Crippen molar-refractivity contribution in [3.63, 3.8) is 0 Å². The molecule has 0 bridgehead atoms. The highest BCUT2D eigenvalue weighted by atomic mass is 32.2. The van der Waals surface area contributed by atoms with Gasteiger partial charge in [-0.1, -0.05) is 72.8 Å². The van der Waals surface area contributed by atoms with E-state index >= 15 is 0 Å². The Morgan fingerprint density at radius 3 is 2.20 bits per heavy atom. The van der Waals surface area contributed by atoms with Gasteiger partial charge in [-0.25, -0.2) is 17.5 Å². The fourth-order valence-corrected chi connectivity index (χ4v) is 4.28. The molecule has 1 heterocycles. The molecule has 4 rings (SSSR count). The third-order valence-electron chi connectivity index (χ3n) is 4.65. The molecule has 0 amide bonds. The molecule has 0 saturated heterocycles. The van der Waals surface area contributed by atoms with Crippen molar-refractivity contribution in [2.75, 3.05) is 0 Å². The Labute approximate surface area is 174 Å². The number of benzene rings is 3. The van der Waals surface area contributed by atoms with Gasteiger partial charge < -0.3 is 0 Å². The van der Waals surface area contributed by atoms with E-state index < -0.39 is 15.8 Å². The Bertz CT molecular complexity index is 1240. The molecular weight excluding hydrogens is 401 g/mol. The highest BCUT2D eigenvalue weighted by molar-refractivity contribution is 7.89. The first-order valence-electron chi connectivity index (χ1n) is 9.43.